The standard InChI is InChI=1S/C17H17ClO2/c1-13(10-16(12-19)11-14(2)18)4-5-15-6-8-17(20-3)9-7-15/h4-12H,2H2,1,3H3/b5-4+,13-10+,16-11+. The first-order valence-corrected chi connectivity index (χ1v) is 6.44. The lowest BCUT2D eigenvalue weighted by Crippen LogP contribution is -1.82. The molecule has 0 aliphatic carbocycles. The summed E-state index contributed by atoms with van der Waals surface area (Å²) in [7, 11) is 1.63. The summed E-state index contributed by atoms with van der Waals surface area (Å²) >= 11 is 5.65. The van der Waals surface area contributed by atoms with Crippen molar-refractivity contribution in [2.75, 3.05) is 7.11 Å². The van der Waals surface area contributed by atoms with Crippen molar-refractivity contribution in [2.45, 2.75) is 6.92 Å². The van der Waals surface area contributed by atoms with Gasteiger partial charge in [0.25, 0.3) is 0 Å². The van der Waals surface area contributed by atoms with Crippen molar-refractivity contribution in [3.8, 4) is 5.75 Å². The molecule has 0 saturated carbocycles. The Morgan fingerprint density at radius 2 is 1.90 bits per heavy atom. The number of allylic oxidation sites excluding steroid dienone is 6. The van der Waals surface area contributed by atoms with Gasteiger partial charge in [-0.15, -0.1) is 0 Å². The first-order valence-electron chi connectivity index (χ1n) is 6.07. The Kier molecular flexibility index (Phi) is 6.54. The molecule has 0 radical (unpaired) electrons. The lowest BCUT2D eigenvalue weighted by atomic mass is 10.1. The van der Waals surface area contributed by atoms with Crippen molar-refractivity contribution in [1.82, 2.24) is 0 Å². The molecule has 0 spiro atoms. The van der Waals surface area contributed by atoms with E-state index in [-0.39, 0.29) is 0 Å². The van der Waals surface area contributed by atoms with E-state index in [4.69, 9.17) is 16.3 Å². The molecule has 0 amide bonds. The Balaban J connectivity index is 2.82. The van der Waals surface area contributed by atoms with Crippen LogP contribution in [0.4, 0.5) is 0 Å². The van der Waals surface area contributed by atoms with Crippen LogP contribution in [0.2, 0.25) is 0 Å². The predicted molar refractivity (Wildman–Crippen MR) is 84.9 cm³/mol. The molecule has 1 aromatic rings. The molecular weight excluding hydrogens is 272 g/mol. The van der Waals surface area contributed by atoms with Crippen molar-refractivity contribution in [2.24, 2.45) is 0 Å². The maximum atomic E-state index is 10.9. The highest BCUT2D eigenvalue weighted by atomic mass is 35.5. The molecule has 0 atom stereocenters. The van der Waals surface area contributed by atoms with Crippen LogP contribution in [0.3, 0.4) is 0 Å². The SMILES string of the molecule is C=C(Cl)\C=C(C=O)/C=C(C)/C=C/c1ccc(OC)cc1. The third kappa shape index (κ3) is 5.72. The summed E-state index contributed by atoms with van der Waals surface area (Å²) in [5.41, 5.74) is 2.48. The minimum absolute atomic E-state index is 0.329. The zero-order valence-electron chi connectivity index (χ0n) is 11.6. The minimum atomic E-state index is 0.329. The van der Waals surface area contributed by atoms with E-state index < -0.39 is 0 Å². The highest BCUT2D eigenvalue weighted by molar-refractivity contribution is 6.31. The largest absolute Gasteiger partial charge is 0.497 e. The highest BCUT2D eigenvalue weighted by Gasteiger charge is 1.93. The molecule has 1 rings (SSSR count). The number of rotatable bonds is 6. The van der Waals surface area contributed by atoms with Crippen molar-refractivity contribution in [3.63, 3.8) is 0 Å². The van der Waals surface area contributed by atoms with Gasteiger partial charge >= 0.3 is 0 Å². The zero-order valence-corrected chi connectivity index (χ0v) is 12.4. The fourth-order valence-electron chi connectivity index (χ4n) is 1.54. The first-order chi connectivity index (χ1) is 9.55. The first kappa shape index (κ1) is 16.0. The van der Waals surface area contributed by atoms with E-state index in [9.17, 15) is 4.79 Å². The Morgan fingerprint density at radius 1 is 1.25 bits per heavy atom. The maximum Gasteiger partial charge on any atom is 0.150 e. The van der Waals surface area contributed by atoms with E-state index in [1.54, 1.807) is 13.2 Å². The second kappa shape index (κ2) is 8.18. The number of halogens is 1. The quantitative estimate of drug-likeness (QED) is 0.437. The van der Waals surface area contributed by atoms with E-state index in [2.05, 4.69) is 6.58 Å². The van der Waals surface area contributed by atoms with E-state index >= 15 is 0 Å². The van der Waals surface area contributed by atoms with Gasteiger partial charge in [0, 0.05) is 10.6 Å². The van der Waals surface area contributed by atoms with Crippen molar-refractivity contribution in [3.05, 3.63) is 70.8 Å². The highest BCUT2D eigenvalue weighted by Crippen LogP contribution is 2.14. The number of carbonyl (C=O) groups is 1. The number of aldehydes is 1. The molecule has 0 aliphatic heterocycles. The third-order valence-corrected chi connectivity index (χ3v) is 2.62. The van der Waals surface area contributed by atoms with Crippen LogP contribution in [0.5, 0.6) is 5.75 Å². The lowest BCUT2D eigenvalue weighted by molar-refractivity contribution is -0.104. The average molecular weight is 289 g/mol. The molecule has 104 valence electrons. The molecule has 20 heavy (non-hydrogen) atoms. The van der Waals surface area contributed by atoms with Gasteiger partial charge in [0.2, 0.25) is 0 Å². The third-order valence-electron chi connectivity index (χ3n) is 2.51. The van der Waals surface area contributed by atoms with Gasteiger partial charge in [-0.1, -0.05) is 48.0 Å². The number of hydrogen-bond donors (Lipinski definition) is 0. The van der Waals surface area contributed by atoms with E-state index in [0.29, 0.717) is 10.6 Å². The second-order valence-electron chi connectivity index (χ2n) is 4.20. The van der Waals surface area contributed by atoms with Crippen molar-refractivity contribution in [1.29, 1.82) is 0 Å². The summed E-state index contributed by atoms with van der Waals surface area (Å²) in [6, 6.07) is 7.71. The van der Waals surface area contributed by atoms with Gasteiger partial charge in [-0.3, -0.25) is 4.79 Å². The number of hydrogen-bond acceptors (Lipinski definition) is 2. The monoisotopic (exact) mass is 288 g/mol. The topological polar surface area (TPSA) is 26.3 Å². The summed E-state index contributed by atoms with van der Waals surface area (Å²) in [5, 5.41) is 0.329. The Bertz CT molecular complexity index is 563. The molecule has 0 aliphatic rings. The summed E-state index contributed by atoms with van der Waals surface area (Å²) in [5.74, 6) is 0.821. The Labute approximate surface area is 124 Å². The normalized spacial score (nSPS) is 12.6. The van der Waals surface area contributed by atoms with Crippen LogP contribution in [-0.2, 0) is 4.79 Å². The Hall–Kier alpha value is -2.06. The Morgan fingerprint density at radius 3 is 2.40 bits per heavy atom. The van der Waals surface area contributed by atoms with Gasteiger partial charge in [-0.25, -0.2) is 0 Å². The molecule has 0 saturated heterocycles. The molecular formula is C17H17ClO2. The van der Waals surface area contributed by atoms with E-state index in [0.717, 1.165) is 23.2 Å². The molecule has 0 unspecified atom stereocenters. The molecule has 0 N–H and O–H groups in total. The van der Waals surface area contributed by atoms with Crippen LogP contribution in [0.1, 0.15) is 12.5 Å². The van der Waals surface area contributed by atoms with Gasteiger partial charge in [-0.2, -0.15) is 0 Å². The fourth-order valence-corrected chi connectivity index (χ4v) is 1.67. The van der Waals surface area contributed by atoms with Crippen molar-refractivity contribution < 1.29 is 9.53 Å². The molecule has 0 heterocycles. The molecule has 3 heteroatoms. The fraction of sp³-hybridized carbons (Fsp3) is 0.118. The molecule has 2 nitrogen and oxygen atoms in total. The van der Waals surface area contributed by atoms with Gasteiger partial charge in [-0.05, 0) is 36.8 Å². The average Bonchev–Trinajstić information content (AvgIpc) is 2.44. The summed E-state index contributed by atoms with van der Waals surface area (Å²) < 4.78 is 5.10. The zero-order chi connectivity index (χ0) is 15.0. The number of carbonyl (C=O) groups excluding carboxylic acids is 1. The number of ether oxygens (including phenoxy) is 1. The van der Waals surface area contributed by atoms with Crippen LogP contribution in [0.25, 0.3) is 6.08 Å². The summed E-state index contributed by atoms with van der Waals surface area (Å²) in [6.45, 7) is 5.44. The van der Waals surface area contributed by atoms with E-state index in [1.807, 2.05) is 43.3 Å². The van der Waals surface area contributed by atoms with Crippen LogP contribution in [0, 0.1) is 0 Å². The van der Waals surface area contributed by atoms with Crippen molar-refractivity contribution >= 4 is 24.0 Å². The van der Waals surface area contributed by atoms with E-state index in [1.165, 1.54) is 6.08 Å². The van der Waals surface area contributed by atoms with Crippen LogP contribution >= 0.6 is 11.6 Å². The minimum Gasteiger partial charge on any atom is -0.497 e. The second-order valence-corrected chi connectivity index (χ2v) is 4.69. The maximum absolute atomic E-state index is 10.9. The van der Waals surface area contributed by atoms with Gasteiger partial charge in [0.15, 0.2) is 0 Å². The predicted octanol–water partition coefficient (Wildman–Crippen LogP) is 4.53. The molecule has 0 aromatic heterocycles. The molecule has 0 fully saturated rings. The summed E-state index contributed by atoms with van der Waals surface area (Å²) in [6.07, 6.45) is 7.91. The molecule has 1 aromatic carbocycles. The van der Waals surface area contributed by atoms with Gasteiger partial charge in [0.05, 0.1) is 7.11 Å². The van der Waals surface area contributed by atoms with Gasteiger partial charge in [0.1, 0.15) is 12.0 Å². The van der Waals surface area contributed by atoms with Crippen LogP contribution < -0.4 is 4.74 Å². The number of methoxy groups -OCH3 is 1. The summed E-state index contributed by atoms with van der Waals surface area (Å²) in [4.78, 5) is 10.9. The lowest BCUT2D eigenvalue weighted by Gasteiger charge is -1.99. The van der Waals surface area contributed by atoms with Gasteiger partial charge < -0.3 is 4.74 Å². The molecule has 0 bridgehead atoms. The number of benzene rings is 1. The van der Waals surface area contributed by atoms with Crippen LogP contribution in [-0.4, -0.2) is 13.4 Å². The van der Waals surface area contributed by atoms with Crippen LogP contribution in [0.15, 0.2) is 65.3 Å². The smallest absolute Gasteiger partial charge is 0.150 e.